The summed E-state index contributed by atoms with van der Waals surface area (Å²) < 4.78 is 135. The standard InChI is InChI=1S/C77H41F8N3O2/c78-44-27-31-46(32-28-44)86(66-23-9-17-54-52-15-7-20-61(76(80,81)82)71(52)89-73(54)66)48-35-38-64-56(39-48)57-40-49(87(47-33-29-45(79)30-34-47)67-24-10-18-55-53-16-8-21-62(77(83,84)85)72(53)90-74(55)67)41-63-70(57)88(64)65-22-6-5-19-58(65)75(63)59-36-25-42-11-1-3-13-50(42)68(59)69-51-14-4-2-12-43(51)26-37-60(69)75/h1-41H. The average molecular weight is 1190 g/mol. The van der Waals surface area contributed by atoms with Crippen molar-refractivity contribution in [2.24, 2.45) is 0 Å². The quantitative estimate of drug-likeness (QED) is 0.156. The molecule has 3 aromatic heterocycles. The summed E-state index contributed by atoms with van der Waals surface area (Å²) in [5.41, 5.74) is 8.12. The van der Waals surface area contributed by atoms with Crippen LogP contribution >= 0.6 is 0 Å². The van der Waals surface area contributed by atoms with Gasteiger partial charge in [0, 0.05) is 55.1 Å². The zero-order chi connectivity index (χ0) is 60.7. The zero-order valence-corrected chi connectivity index (χ0v) is 46.9. The van der Waals surface area contributed by atoms with Crippen LogP contribution in [0.5, 0.6) is 0 Å². The van der Waals surface area contributed by atoms with Crippen molar-refractivity contribution in [3.63, 3.8) is 0 Å². The highest BCUT2D eigenvalue weighted by molar-refractivity contribution is 6.20. The molecule has 0 saturated carbocycles. The number of alkyl halides is 6. The molecule has 2 aliphatic rings. The fourth-order valence-corrected chi connectivity index (χ4v) is 14.9. The van der Waals surface area contributed by atoms with Gasteiger partial charge in [-0.1, -0.05) is 140 Å². The van der Waals surface area contributed by atoms with Crippen molar-refractivity contribution in [3.05, 3.63) is 294 Å². The van der Waals surface area contributed by atoms with Gasteiger partial charge in [-0.3, -0.25) is 0 Å². The number of anilines is 6. The van der Waals surface area contributed by atoms with Gasteiger partial charge in [0.2, 0.25) is 0 Å². The van der Waals surface area contributed by atoms with Crippen LogP contribution in [0.4, 0.5) is 69.2 Å². The first-order valence-corrected chi connectivity index (χ1v) is 29.2. The van der Waals surface area contributed by atoms with E-state index in [-0.39, 0.29) is 33.1 Å². The van der Waals surface area contributed by atoms with E-state index in [2.05, 4.69) is 89.5 Å². The molecule has 13 heteroatoms. The predicted molar refractivity (Wildman–Crippen MR) is 340 cm³/mol. The molecule has 16 aromatic rings. The van der Waals surface area contributed by atoms with Gasteiger partial charge in [0.25, 0.3) is 0 Å². The average Bonchev–Trinajstić information content (AvgIpc) is 1.47. The number of rotatable bonds is 6. The Hall–Kier alpha value is -11.2. The maximum Gasteiger partial charge on any atom is 0.420 e. The first kappa shape index (κ1) is 52.0. The van der Waals surface area contributed by atoms with Crippen LogP contribution in [0.3, 0.4) is 0 Å². The van der Waals surface area contributed by atoms with Gasteiger partial charge in [0.05, 0.1) is 44.6 Å². The Morgan fingerprint density at radius 3 is 1.31 bits per heavy atom. The molecular weight excluding hydrogens is 1150 g/mol. The van der Waals surface area contributed by atoms with Gasteiger partial charge in [-0.05, 0) is 164 Å². The second-order valence-corrected chi connectivity index (χ2v) is 23.1. The van der Waals surface area contributed by atoms with Crippen molar-refractivity contribution >= 4 is 121 Å². The lowest BCUT2D eigenvalue weighted by Gasteiger charge is -2.40. The molecule has 0 bridgehead atoms. The van der Waals surface area contributed by atoms with Gasteiger partial charge >= 0.3 is 12.4 Å². The van der Waals surface area contributed by atoms with E-state index in [1.54, 1.807) is 72.8 Å². The molecule has 0 fully saturated rings. The summed E-state index contributed by atoms with van der Waals surface area (Å²) in [5, 5.41) is 7.09. The maximum absolute atomic E-state index is 15.4. The summed E-state index contributed by atoms with van der Waals surface area (Å²) in [5.74, 6) is -1.00. The lowest BCUT2D eigenvalue weighted by Crippen LogP contribution is -2.33. The molecule has 0 unspecified atom stereocenters. The summed E-state index contributed by atoms with van der Waals surface area (Å²) in [7, 11) is 0. The Morgan fingerprint density at radius 2 is 0.778 bits per heavy atom. The highest BCUT2D eigenvalue weighted by atomic mass is 19.4. The van der Waals surface area contributed by atoms with Crippen LogP contribution in [0, 0.1) is 11.6 Å². The molecule has 432 valence electrons. The molecule has 0 saturated heterocycles. The SMILES string of the molecule is Fc1ccc(N(c2ccc3c(c2)c2cc(N(c4ccc(F)cc4)c4cccc5c4oc4c(C(F)(F)F)cccc45)cc4c2n3-c2ccccc2C42c3ccc4ccccc4c3-c3c2ccc2ccccc32)c2cccc3c2oc2c(C(F)(F)F)cccc23)cc1. The highest BCUT2D eigenvalue weighted by Gasteiger charge is 2.52. The Labute approximate surface area is 505 Å². The van der Waals surface area contributed by atoms with Crippen LogP contribution in [-0.2, 0) is 17.8 Å². The lowest BCUT2D eigenvalue weighted by molar-refractivity contribution is -0.137. The third-order valence-corrected chi connectivity index (χ3v) is 18.5. The monoisotopic (exact) mass is 1190 g/mol. The Morgan fingerprint density at radius 1 is 0.333 bits per heavy atom. The van der Waals surface area contributed by atoms with Crippen LogP contribution in [0.1, 0.15) is 33.4 Å². The number of furan rings is 2. The molecule has 0 radical (unpaired) electrons. The van der Waals surface area contributed by atoms with E-state index in [1.165, 1.54) is 36.4 Å². The van der Waals surface area contributed by atoms with E-state index in [9.17, 15) is 26.3 Å². The highest BCUT2D eigenvalue weighted by Crippen LogP contribution is 2.64. The normalized spacial score (nSPS) is 13.4. The molecule has 4 heterocycles. The molecule has 1 aliphatic carbocycles. The van der Waals surface area contributed by atoms with E-state index >= 15 is 8.78 Å². The van der Waals surface area contributed by atoms with Crippen molar-refractivity contribution in [1.82, 2.24) is 4.57 Å². The van der Waals surface area contributed by atoms with Crippen LogP contribution in [0.15, 0.2) is 258 Å². The number of para-hydroxylation sites is 5. The van der Waals surface area contributed by atoms with E-state index in [0.29, 0.717) is 44.9 Å². The van der Waals surface area contributed by atoms with Crippen LogP contribution in [0.25, 0.3) is 104 Å². The van der Waals surface area contributed by atoms with Gasteiger partial charge in [-0.15, -0.1) is 0 Å². The molecular formula is C77H41F8N3O2. The van der Waals surface area contributed by atoms with Crippen molar-refractivity contribution in [2.45, 2.75) is 17.8 Å². The topological polar surface area (TPSA) is 37.7 Å². The summed E-state index contributed by atoms with van der Waals surface area (Å²) in [6, 6.07) is 74.4. The first-order chi connectivity index (χ1) is 43.7. The summed E-state index contributed by atoms with van der Waals surface area (Å²) in [4.78, 5) is 3.76. The van der Waals surface area contributed by atoms with Crippen LogP contribution in [-0.4, -0.2) is 4.57 Å². The number of aromatic nitrogens is 1. The minimum absolute atomic E-state index is 0.165. The van der Waals surface area contributed by atoms with E-state index in [0.717, 1.165) is 94.6 Å². The summed E-state index contributed by atoms with van der Waals surface area (Å²) >= 11 is 0. The molecule has 13 aromatic carbocycles. The molecule has 0 amide bonds. The molecule has 1 aliphatic heterocycles. The third kappa shape index (κ3) is 7.13. The van der Waals surface area contributed by atoms with E-state index in [1.807, 2.05) is 52.3 Å². The fraction of sp³-hybridized carbons (Fsp3) is 0.0390. The molecule has 0 N–H and O–H groups in total. The third-order valence-electron chi connectivity index (χ3n) is 18.5. The maximum atomic E-state index is 15.4. The van der Waals surface area contributed by atoms with Crippen LogP contribution < -0.4 is 9.80 Å². The Kier molecular flexibility index (Phi) is 10.7. The molecule has 0 atom stereocenters. The Bertz CT molecular complexity index is 5670. The molecule has 90 heavy (non-hydrogen) atoms. The minimum Gasteiger partial charge on any atom is -0.453 e. The Balaban J connectivity index is 0.998. The first-order valence-electron chi connectivity index (χ1n) is 29.2. The van der Waals surface area contributed by atoms with Crippen molar-refractivity contribution < 1.29 is 44.0 Å². The zero-order valence-electron chi connectivity index (χ0n) is 46.9. The number of nitrogens with zero attached hydrogens (tertiary/aromatic N) is 3. The van der Waals surface area contributed by atoms with Crippen LogP contribution in [0.2, 0.25) is 0 Å². The van der Waals surface area contributed by atoms with E-state index in [4.69, 9.17) is 8.83 Å². The van der Waals surface area contributed by atoms with E-state index < -0.39 is 40.5 Å². The number of hydrogen-bond donors (Lipinski definition) is 0. The van der Waals surface area contributed by atoms with Gasteiger partial charge in [-0.25, -0.2) is 8.78 Å². The fourth-order valence-electron chi connectivity index (χ4n) is 14.9. The predicted octanol–water partition coefficient (Wildman–Crippen LogP) is 22.8. The second-order valence-electron chi connectivity index (χ2n) is 23.1. The second kappa shape index (κ2) is 18.4. The molecule has 1 spiro atoms. The van der Waals surface area contributed by atoms with Gasteiger partial charge in [-0.2, -0.15) is 26.3 Å². The van der Waals surface area contributed by atoms with Crippen molar-refractivity contribution in [2.75, 3.05) is 9.80 Å². The smallest absolute Gasteiger partial charge is 0.420 e. The summed E-state index contributed by atoms with van der Waals surface area (Å²) in [6.45, 7) is 0. The summed E-state index contributed by atoms with van der Waals surface area (Å²) in [6.07, 6.45) is -9.48. The lowest BCUT2D eigenvalue weighted by atomic mass is 9.65. The van der Waals surface area contributed by atoms with Gasteiger partial charge < -0.3 is 23.2 Å². The van der Waals surface area contributed by atoms with Crippen molar-refractivity contribution in [1.29, 1.82) is 0 Å². The van der Waals surface area contributed by atoms with Crippen molar-refractivity contribution in [3.8, 4) is 16.8 Å². The number of benzene rings is 13. The van der Waals surface area contributed by atoms with Gasteiger partial charge in [0.15, 0.2) is 11.2 Å². The number of fused-ring (bicyclic) bond motifs is 22. The number of halogens is 8. The molecule has 5 nitrogen and oxygen atoms in total. The molecule has 18 rings (SSSR count). The number of hydrogen-bond acceptors (Lipinski definition) is 4. The minimum atomic E-state index is -4.75. The largest absolute Gasteiger partial charge is 0.453 e. The van der Waals surface area contributed by atoms with Gasteiger partial charge in [0.1, 0.15) is 22.8 Å².